The molecule has 0 radical (unpaired) electrons. The molecule has 0 aliphatic heterocycles. The van der Waals surface area contributed by atoms with Crippen LogP contribution in [0, 0.1) is 18.6 Å². The first kappa shape index (κ1) is 24.2. The van der Waals surface area contributed by atoms with E-state index >= 15 is 0 Å². The number of halogens is 2. The Morgan fingerprint density at radius 2 is 2.00 bits per heavy atom. The van der Waals surface area contributed by atoms with Gasteiger partial charge in [-0.3, -0.25) is 14.6 Å². The third-order valence-corrected chi connectivity index (χ3v) is 5.64. The molecule has 0 aliphatic rings. The van der Waals surface area contributed by atoms with Gasteiger partial charge in [-0.05, 0) is 55.0 Å². The second-order valence-electron chi connectivity index (χ2n) is 8.11. The van der Waals surface area contributed by atoms with Crippen LogP contribution in [0.4, 0.5) is 8.78 Å². The van der Waals surface area contributed by atoms with Gasteiger partial charge in [0, 0.05) is 24.4 Å². The van der Waals surface area contributed by atoms with E-state index in [2.05, 4.69) is 20.6 Å². The quantitative estimate of drug-likeness (QED) is 0.340. The van der Waals surface area contributed by atoms with Crippen LogP contribution in [0.3, 0.4) is 0 Å². The highest BCUT2D eigenvalue weighted by molar-refractivity contribution is 6.01. The van der Waals surface area contributed by atoms with Gasteiger partial charge in [0.15, 0.2) is 0 Å². The molecule has 0 bridgehead atoms. The first-order valence-electron chi connectivity index (χ1n) is 10.9. The Balaban J connectivity index is 1.64. The van der Waals surface area contributed by atoms with Crippen molar-refractivity contribution in [1.82, 2.24) is 25.3 Å². The first-order chi connectivity index (χ1) is 16.9. The summed E-state index contributed by atoms with van der Waals surface area (Å²) in [4.78, 5) is 13.3. The summed E-state index contributed by atoms with van der Waals surface area (Å²) in [6.07, 6.45) is 2.78. The van der Waals surface area contributed by atoms with Gasteiger partial charge >= 0.3 is 0 Å². The van der Waals surface area contributed by atoms with Crippen LogP contribution in [0.15, 0.2) is 60.9 Å². The summed E-state index contributed by atoms with van der Waals surface area (Å²) in [5.74, 6) is -1.55. The van der Waals surface area contributed by atoms with Gasteiger partial charge in [-0.2, -0.15) is 10.2 Å². The van der Waals surface area contributed by atoms with Gasteiger partial charge in [0.05, 0.1) is 42.3 Å². The van der Waals surface area contributed by atoms with E-state index in [9.17, 15) is 18.7 Å². The second kappa shape index (κ2) is 10.6. The summed E-state index contributed by atoms with van der Waals surface area (Å²) >= 11 is 0. The van der Waals surface area contributed by atoms with Crippen LogP contribution in [0.2, 0.25) is 0 Å². The lowest BCUT2D eigenvalue weighted by Crippen LogP contribution is -2.48. The fourth-order valence-corrected chi connectivity index (χ4v) is 3.84. The molecule has 0 aliphatic carbocycles. The monoisotopic (exact) mass is 481 g/mol. The SMILES string of the molecule is CO[C@H](CO)[C@@H](Cn1cc(C)cn1)NC(=O)c1cccc(F)c1-c1cc(-c2ccc(F)cc2)n[nH]1. The second-order valence-corrected chi connectivity index (χ2v) is 8.11. The van der Waals surface area contributed by atoms with Crippen molar-refractivity contribution in [2.24, 2.45) is 0 Å². The number of aromatic amines is 1. The van der Waals surface area contributed by atoms with Crippen molar-refractivity contribution in [1.29, 1.82) is 0 Å². The van der Waals surface area contributed by atoms with Crippen LogP contribution in [0.25, 0.3) is 22.5 Å². The summed E-state index contributed by atoms with van der Waals surface area (Å²) in [6, 6.07) is 10.9. The zero-order chi connectivity index (χ0) is 24.9. The average molecular weight is 482 g/mol. The maximum Gasteiger partial charge on any atom is 0.252 e. The zero-order valence-corrected chi connectivity index (χ0v) is 19.2. The minimum Gasteiger partial charge on any atom is -0.394 e. The van der Waals surface area contributed by atoms with E-state index in [1.807, 2.05) is 6.92 Å². The fourth-order valence-electron chi connectivity index (χ4n) is 3.84. The molecule has 1 amide bonds. The summed E-state index contributed by atoms with van der Waals surface area (Å²) in [5, 5.41) is 23.8. The molecule has 10 heteroatoms. The fraction of sp³-hybridized carbons (Fsp3) is 0.240. The molecule has 8 nitrogen and oxygen atoms in total. The Labute approximate surface area is 200 Å². The number of benzene rings is 2. The van der Waals surface area contributed by atoms with Crippen LogP contribution >= 0.6 is 0 Å². The van der Waals surface area contributed by atoms with Gasteiger partial charge in [-0.25, -0.2) is 8.78 Å². The number of amides is 1. The number of nitrogens with one attached hydrogen (secondary N) is 2. The molecular formula is C25H25F2N5O3. The molecule has 0 fully saturated rings. The number of aliphatic hydroxyl groups is 1. The lowest BCUT2D eigenvalue weighted by Gasteiger charge is -2.26. The van der Waals surface area contributed by atoms with Gasteiger partial charge in [0.25, 0.3) is 5.91 Å². The van der Waals surface area contributed by atoms with Crippen LogP contribution in [0.5, 0.6) is 0 Å². The topological polar surface area (TPSA) is 105 Å². The van der Waals surface area contributed by atoms with Crippen LogP contribution in [-0.2, 0) is 11.3 Å². The molecule has 0 unspecified atom stereocenters. The zero-order valence-electron chi connectivity index (χ0n) is 19.2. The predicted octanol–water partition coefficient (Wildman–Crippen LogP) is 3.33. The minimum absolute atomic E-state index is 0.0394. The molecule has 0 saturated heterocycles. The number of carbonyl (C=O) groups is 1. The van der Waals surface area contributed by atoms with Crippen molar-refractivity contribution in [3.63, 3.8) is 0 Å². The smallest absolute Gasteiger partial charge is 0.252 e. The number of hydrogen-bond acceptors (Lipinski definition) is 5. The number of H-pyrrole nitrogens is 1. The number of nitrogens with zero attached hydrogens (tertiary/aromatic N) is 3. The molecule has 2 aromatic carbocycles. The van der Waals surface area contributed by atoms with E-state index in [1.54, 1.807) is 35.3 Å². The van der Waals surface area contributed by atoms with E-state index in [0.29, 0.717) is 11.3 Å². The third kappa shape index (κ3) is 5.44. The van der Waals surface area contributed by atoms with Crippen molar-refractivity contribution in [2.75, 3.05) is 13.7 Å². The van der Waals surface area contributed by atoms with E-state index in [4.69, 9.17) is 4.74 Å². The molecular weight excluding hydrogens is 456 g/mol. The summed E-state index contributed by atoms with van der Waals surface area (Å²) in [5.41, 5.74) is 2.46. The Hall–Kier alpha value is -3.89. The number of carbonyl (C=O) groups excluding carboxylic acids is 1. The number of aryl methyl sites for hydroxylation is 1. The number of aromatic nitrogens is 4. The highest BCUT2D eigenvalue weighted by Crippen LogP contribution is 2.29. The molecule has 4 rings (SSSR count). The maximum atomic E-state index is 15.0. The van der Waals surface area contributed by atoms with Gasteiger partial charge in [-0.15, -0.1) is 0 Å². The molecule has 35 heavy (non-hydrogen) atoms. The standard InChI is InChI=1S/C25H25F2N5O3/c1-15-11-28-32(12-15)13-22(23(14-33)35-2)29-25(34)18-4-3-5-19(27)24(18)21-10-20(30-31-21)16-6-8-17(26)9-7-16/h3-12,22-23,33H,13-14H2,1-2H3,(H,29,34)(H,30,31)/t22-,23-/m1/s1. The Morgan fingerprint density at radius 3 is 2.66 bits per heavy atom. The van der Waals surface area contributed by atoms with Crippen molar-refractivity contribution in [3.05, 3.63) is 83.7 Å². The average Bonchev–Trinajstić information content (AvgIpc) is 3.49. The van der Waals surface area contributed by atoms with Crippen LogP contribution in [0.1, 0.15) is 15.9 Å². The molecule has 2 heterocycles. The van der Waals surface area contributed by atoms with Crippen molar-refractivity contribution < 1.29 is 23.4 Å². The van der Waals surface area contributed by atoms with E-state index in [0.717, 1.165) is 5.56 Å². The first-order valence-corrected chi connectivity index (χ1v) is 10.9. The molecule has 0 saturated carbocycles. The largest absolute Gasteiger partial charge is 0.394 e. The number of aliphatic hydroxyl groups excluding tert-OH is 1. The van der Waals surface area contributed by atoms with Gasteiger partial charge < -0.3 is 15.2 Å². The molecule has 3 N–H and O–H groups in total. The Morgan fingerprint density at radius 1 is 1.23 bits per heavy atom. The van der Waals surface area contributed by atoms with Gasteiger partial charge in [0.1, 0.15) is 17.7 Å². The molecule has 182 valence electrons. The summed E-state index contributed by atoms with van der Waals surface area (Å²) in [6.45, 7) is 1.79. The molecule has 2 atom stereocenters. The van der Waals surface area contributed by atoms with E-state index in [1.165, 1.54) is 37.4 Å². The van der Waals surface area contributed by atoms with Crippen molar-refractivity contribution >= 4 is 5.91 Å². The third-order valence-electron chi connectivity index (χ3n) is 5.64. The normalized spacial score (nSPS) is 12.9. The molecule has 2 aromatic heterocycles. The summed E-state index contributed by atoms with van der Waals surface area (Å²) in [7, 11) is 1.43. The number of methoxy groups -OCH3 is 1. The highest BCUT2D eigenvalue weighted by Gasteiger charge is 2.26. The maximum absolute atomic E-state index is 15.0. The molecule has 0 spiro atoms. The van der Waals surface area contributed by atoms with Crippen molar-refractivity contribution in [2.45, 2.75) is 25.6 Å². The number of rotatable bonds is 9. The van der Waals surface area contributed by atoms with Gasteiger partial charge in [-0.1, -0.05) is 6.07 Å². The summed E-state index contributed by atoms with van der Waals surface area (Å²) < 4.78 is 35.2. The van der Waals surface area contributed by atoms with Gasteiger partial charge in [0.2, 0.25) is 0 Å². The highest BCUT2D eigenvalue weighted by atomic mass is 19.1. The van der Waals surface area contributed by atoms with Crippen LogP contribution < -0.4 is 5.32 Å². The number of hydrogen-bond donors (Lipinski definition) is 3. The van der Waals surface area contributed by atoms with E-state index in [-0.39, 0.29) is 35.8 Å². The predicted molar refractivity (Wildman–Crippen MR) is 125 cm³/mol. The minimum atomic E-state index is -0.710. The Kier molecular flexibility index (Phi) is 7.33. The number of ether oxygens (including phenoxy) is 1. The van der Waals surface area contributed by atoms with Crippen molar-refractivity contribution in [3.8, 4) is 22.5 Å². The van der Waals surface area contributed by atoms with Crippen LogP contribution in [-0.4, -0.2) is 56.9 Å². The lowest BCUT2D eigenvalue weighted by atomic mass is 10.0. The Bertz CT molecular complexity index is 1300. The van der Waals surface area contributed by atoms with E-state index < -0.39 is 23.9 Å². The lowest BCUT2D eigenvalue weighted by molar-refractivity contribution is 0.0167. The molecule has 4 aromatic rings.